The molecule has 0 aliphatic carbocycles. The van der Waals surface area contributed by atoms with Crippen LogP contribution in [0, 0.1) is 0 Å². The first-order valence-electron chi connectivity index (χ1n) is 5.86. The van der Waals surface area contributed by atoms with Crippen LogP contribution in [0.3, 0.4) is 0 Å². The second kappa shape index (κ2) is 7.42. The van der Waals surface area contributed by atoms with Crippen molar-refractivity contribution in [1.29, 1.82) is 0 Å². The normalized spacial score (nSPS) is 11.6. The highest BCUT2D eigenvalue weighted by molar-refractivity contribution is 7.89. The molecule has 0 bridgehead atoms. The van der Waals surface area contributed by atoms with Crippen molar-refractivity contribution < 1.29 is 8.42 Å². The molecule has 0 saturated carbocycles. The molecule has 0 atom stereocenters. The Hall–Kier alpha value is -0.910. The summed E-state index contributed by atoms with van der Waals surface area (Å²) in [6.45, 7) is 3.98. The third kappa shape index (κ3) is 6.41. The van der Waals surface area contributed by atoms with Gasteiger partial charge in [-0.1, -0.05) is 37.3 Å². The molecule has 1 aromatic carbocycles. The van der Waals surface area contributed by atoms with Gasteiger partial charge in [-0.2, -0.15) is 0 Å². The number of sulfonamides is 1. The zero-order chi connectivity index (χ0) is 12.6. The van der Waals surface area contributed by atoms with Crippen molar-refractivity contribution in [3.05, 3.63) is 35.9 Å². The first kappa shape index (κ1) is 14.2. The summed E-state index contributed by atoms with van der Waals surface area (Å²) in [6.07, 6.45) is 0.637. The van der Waals surface area contributed by atoms with Crippen molar-refractivity contribution >= 4 is 10.0 Å². The molecule has 0 aliphatic heterocycles. The Labute approximate surface area is 103 Å². The summed E-state index contributed by atoms with van der Waals surface area (Å²) >= 11 is 0. The van der Waals surface area contributed by atoms with Gasteiger partial charge in [0.25, 0.3) is 0 Å². The Kier molecular flexibility index (Phi) is 6.18. The van der Waals surface area contributed by atoms with Crippen molar-refractivity contribution in [3.63, 3.8) is 0 Å². The summed E-state index contributed by atoms with van der Waals surface area (Å²) < 4.78 is 25.9. The molecule has 0 fully saturated rings. The molecule has 96 valence electrons. The molecule has 0 heterocycles. The van der Waals surface area contributed by atoms with E-state index in [1.807, 2.05) is 37.3 Å². The van der Waals surface area contributed by atoms with Crippen LogP contribution in [0.5, 0.6) is 0 Å². The first-order chi connectivity index (χ1) is 8.14. The molecule has 4 nitrogen and oxygen atoms in total. The average molecular weight is 256 g/mol. The van der Waals surface area contributed by atoms with Crippen molar-refractivity contribution in [3.8, 4) is 0 Å². The van der Waals surface area contributed by atoms with Crippen LogP contribution in [-0.2, 0) is 16.6 Å². The van der Waals surface area contributed by atoms with Crippen LogP contribution in [0.25, 0.3) is 0 Å². The summed E-state index contributed by atoms with van der Waals surface area (Å²) in [5.41, 5.74) is 0.975. The van der Waals surface area contributed by atoms with E-state index in [1.54, 1.807) is 0 Å². The van der Waals surface area contributed by atoms with Gasteiger partial charge in [-0.25, -0.2) is 13.1 Å². The van der Waals surface area contributed by atoms with Crippen molar-refractivity contribution in [2.45, 2.75) is 19.9 Å². The second-order valence-electron chi connectivity index (χ2n) is 3.83. The maximum absolute atomic E-state index is 11.6. The molecular formula is C12H20N2O2S. The van der Waals surface area contributed by atoms with Crippen LogP contribution in [0.15, 0.2) is 30.3 Å². The van der Waals surface area contributed by atoms with Crippen molar-refractivity contribution in [1.82, 2.24) is 10.0 Å². The Morgan fingerprint density at radius 1 is 1.18 bits per heavy atom. The van der Waals surface area contributed by atoms with E-state index < -0.39 is 10.0 Å². The second-order valence-corrected chi connectivity index (χ2v) is 5.76. The molecule has 1 aromatic rings. The van der Waals surface area contributed by atoms with Gasteiger partial charge in [-0.3, -0.25) is 0 Å². The van der Waals surface area contributed by atoms with E-state index in [1.165, 1.54) is 0 Å². The average Bonchev–Trinajstić information content (AvgIpc) is 2.34. The van der Waals surface area contributed by atoms with Gasteiger partial charge >= 0.3 is 0 Å². The summed E-state index contributed by atoms with van der Waals surface area (Å²) in [5.74, 6) is 0.173. The maximum atomic E-state index is 11.6. The minimum Gasteiger partial charge on any atom is -0.317 e. The smallest absolute Gasteiger partial charge is 0.211 e. The van der Waals surface area contributed by atoms with E-state index >= 15 is 0 Å². The zero-order valence-electron chi connectivity index (χ0n) is 10.1. The van der Waals surface area contributed by atoms with E-state index in [-0.39, 0.29) is 5.75 Å². The first-order valence-corrected chi connectivity index (χ1v) is 7.51. The van der Waals surface area contributed by atoms with Crippen LogP contribution >= 0.6 is 0 Å². The van der Waals surface area contributed by atoms with Gasteiger partial charge in [0.05, 0.1) is 5.75 Å². The van der Waals surface area contributed by atoms with Crippen molar-refractivity contribution in [2.24, 2.45) is 0 Å². The fraction of sp³-hybridized carbons (Fsp3) is 0.500. The van der Waals surface area contributed by atoms with E-state index in [9.17, 15) is 8.42 Å². The van der Waals surface area contributed by atoms with E-state index in [2.05, 4.69) is 10.0 Å². The Bertz CT molecular complexity index is 404. The Balaban J connectivity index is 2.30. The van der Waals surface area contributed by atoms with Gasteiger partial charge in [0.1, 0.15) is 0 Å². The van der Waals surface area contributed by atoms with Crippen molar-refractivity contribution in [2.75, 3.05) is 18.8 Å². The van der Waals surface area contributed by atoms with E-state index in [0.29, 0.717) is 13.0 Å². The highest BCUT2D eigenvalue weighted by Gasteiger charge is 2.08. The number of rotatable bonds is 8. The lowest BCUT2D eigenvalue weighted by Crippen LogP contribution is -2.27. The monoisotopic (exact) mass is 256 g/mol. The molecular weight excluding hydrogens is 236 g/mol. The number of hydrogen-bond donors (Lipinski definition) is 2. The Morgan fingerprint density at radius 2 is 1.88 bits per heavy atom. The zero-order valence-corrected chi connectivity index (χ0v) is 11.0. The third-order valence-corrected chi connectivity index (χ3v) is 3.77. The highest BCUT2D eigenvalue weighted by atomic mass is 32.2. The lowest BCUT2D eigenvalue weighted by Gasteiger charge is -2.06. The highest BCUT2D eigenvalue weighted by Crippen LogP contribution is 1.99. The summed E-state index contributed by atoms with van der Waals surface area (Å²) in [5, 5.41) is 3.10. The van der Waals surface area contributed by atoms with Gasteiger partial charge in [0.15, 0.2) is 0 Å². The molecule has 0 spiro atoms. The third-order valence-electron chi connectivity index (χ3n) is 2.36. The number of benzene rings is 1. The molecule has 17 heavy (non-hydrogen) atoms. The molecule has 0 saturated heterocycles. The molecule has 0 aliphatic rings. The quantitative estimate of drug-likeness (QED) is 0.685. The maximum Gasteiger partial charge on any atom is 0.211 e. The van der Waals surface area contributed by atoms with Gasteiger partial charge in [-0.15, -0.1) is 0 Å². The topological polar surface area (TPSA) is 58.2 Å². The molecule has 2 N–H and O–H groups in total. The predicted octanol–water partition coefficient (Wildman–Crippen LogP) is 1.11. The molecule has 5 heteroatoms. The molecule has 0 unspecified atom stereocenters. The standard InChI is InChI=1S/C12H20N2O2S/c1-2-13-9-6-10-17(15,16)14-11-12-7-4-3-5-8-12/h3-5,7-8,13-14H,2,6,9-11H2,1H3. The Morgan fingerprint density at radius 3 is 2.53 bits per heavy atom. The van der Waals surface area contributed by atoms with Crippen LogP contribution in [0.1, 0.15) is 18.9 Å². The number of hydrogen-bond acceptors (Lipinski definition) is 3. The summed E-state index contributed by atoms with van der Waals surface area (Å²) in [7, 11) is -3.15. The summed E-state index contributed by atoms with van der Waals surface area (Å²) in [4.78, 5) is 0. The van der Waals surface area contributed by atoms with Crippen LogP contribution in [0.4, 0.5) is 0 Å². The fourth-order valence-corrected chi connectivity index (χ4v) is 2.48. The SMILES string of the molecule is CCNCCCS(=O)(=O)NCc1ccccc1. The van der Waals surface area contributed by atoms with E-state index in [4.69, 9.17) is 0 Å². The van der Waals surface area contributed by atoms with E-state index in [0.717, 1.165) is 18.7 Å². The molecule has 1 rings (SSSR count). The van der Waals surface area contributed by atoms with Gasteiger partial charge in [0, 0.05) is 6.54 Å². The summed E-state index contributed by atoms with van der Waals surface area (Å²) in [6, 6.07) is 9.51. The largest absolute Gasteiger partial charge is 0.317 e. The lowest BCUT2D eigenvalue weighted by molar-refractivity contribution is 0.575. The lowest BCUT2D eigenvalue weighted by atomic mass is 10.2. The predicted molar refractivity (Wildman–Crippen MR) is 70.2 cm³/mol. The van der Waals surface area contributed by atoms with Crippen LogP contribution in [-0.4, -0.2) is 27.3 Å². The van der Waals surface area contributed by atoms with Gasteiger partial charge < -0.3 is 5.32 Å². The van der Waals surface area contributed by atoms with Crippen LogP contribution in [0.2, 0.25) is 0 Å². The van der Waals surface area contributed by atoms with Gasteiger partial charge in [0.2, 0.25) is 10.0 Å². The minimum absolute atomic E-state index is 0.173. The minimum atomic E-state index is -3.15. The van der Waals surface area contributed by atoms with Crippen LogP contribution < -0.4 is 10.0 Å². The molecule has 0 amide bonds. The molecule has 0 aromatic heterocycles. The fourth-order valence-electron chi connectivity index (χ4n) is 1.43. The molecule has 0 radical (unpaired) electrons. The van der Waals surface area contributed by atoms with Gasteiger partial charge in [-0.05, 0) is 25.1 Å². The number of nitrogens with one attached hydrogen (secondary N) is 2.